The van der Waals surface area contributed by atoms with Gasteiger partial charge in [-0.05, 0) is 48.9 Å². The van der Waals surface area contributed by atoms with E-state index in [0.717, 1.165) is 29.6 Å². The van der Waals surface area contributed by atoms with Crippen molar-refractivity contribution in [3.05, 3.63) is 53.2 Å². The van der Waals surface area contributed by atoms with E-state index in [1.165, 1.54) is 36.4 Å². The predicted octanol–water partition coefficient (Wildman–Crippen LogP) is 2.13. The van der Waals surface area contributed by atoms with Gasteiger partial charge in [0, 0.05) is 48.4 Å². The molecule has 1 aromatic carbocycles. The number of aromatic amines is 2. The van der Waals surface area contributed by atoms with Gasteiger partial charge in [0.25, 0.3) is 0 Å². The largest absolute Gasteiger partial charge is 0.358 e. The highest BCUT2D eigenvalue weighted by Crippen LogP contribution is 2.29. The number of carbonyl (C=O) groups is 2. The minimum atomic E-state index is -0.637. The van der Waals surface area contributed by atoms with Gasteiger partial charge in [-0.3, -0.25) is 9.59 Å². The molecule has 4 N–H and O–H groups in total. The van der Waals surface area contributed by atoms with Gasteiger partial charge in [0.15, 0.2) is 0 Å². The Morgan fingerprint density at radius 1 is 1.25 bits per heavy atom. The van der Waals surface area contributed by atoms with Crippen LogP contribution in [0.3, 0.4) is 0 Å². The standard InChI is InChI=1S/C21H25N5O2/c1-13(27)25-20(9-15-11-22-12-24-15)21(28)23-10-14-6-7-19-17(8-14)16-4-2-3-5-18(16)26-19/h6-8,11-12,20,26H,2-5,9-10H2,1H3,(H,22,24)(H,23,28)(H,25,27)/t20-/m0/s1. The fraction of sp³-hybridized carbons (Fsp3) is 0.381. The van der Waals surface area contributed by atoms with Crippen LogP contribution in [0.25, 0.3) is 10.9 Å². The maximum atomic E-state index is 12.7. The molecule has 0 saturated heterocycles. The Labute approximate surface area is 163 Å². The number of imidazole rings is 1. The second-order valence-corrected chi connectivity index (χ2v) is 7.42. The number of aryl methyl sites for hydroxylation is 2. The fourth-order valence-electron chi connectivity index (χ4n) is 3.95. The highest BCUT2D eigenvalue weighted by atomic mass is 16.2. The maximum Gasteiger partial charge on any atom is 0.243 e. The first-order valence-electron chi connectivity index (χ1n) is 9.74. The first-order chi connectivity index (χ1) is 13.6. The molecule has 3 aromatic rings. The van der Waals surface area contributed by atoms with E-state index in [-0.39, 0.29) is 11.8 Å². The van der Waals surface area contributed by atoms with Gasteiger partial charge in [-0.1, -0.05) is 6.07 Å². The van der Waals surface area contributed by atoms with E-state index < -0.39 is 6.04 Å². The van der Waals surface area contributed by atoms with Crippen LogP contribution < -0.4 is 10.6 Å². The Kier molecular flexibility index (Phi) is 5.14. The summed E-state index contributed by atoms with van der Waals surface area (Å²) in [4.78, 5) is 34.6. The monoisotopic (exact) mass is 379 g/mol. The minimum Gasteiger partial charge on any atom is -0.358 e. The molecule has 0 bridgehead atoms. The second-order valence-electron chi connectivity index (χ2n) is 7.42. The first-order valence-corrected chi connectivity index (χ1v) is 9.74. The number of aromatic nitrogens is 3. The van der Waals surface area contributed by atoms with Crippen molar-refractivity contribution in [1.29, 1.82) is 0 Å². The molecule has 0 fully saturated rings. The quantitative estimate of drug-likeness (QED) is 0.527. The summed E-state index contributed by atoms with van der Waals surface area (Å²) in [6.07, 6.45) is 8.28. The first kappa shape index (κ1) is 18.3. The Morgan fingerprint density at radius 2 is 2.11 bits per heavy atom. The van der Waals surface area contributed by atoms with Crippen molar-refractivity contribution in [2.24, 2.45) is 0 Å². The zero-order valence-electron chi connectivity index (χ0n) is 16.0. The second kappa shape index (κ2) is 7.88. The number of fused-ring (bicyclic) bond motifs is 3. The van der Waals surface area contributed by atoms with Crippen molar-refractivity contribution >= 4 is 22.7 Å². The van der Waals surface area contributed by atoms with E-state index in [4.69, 9.17) is 0 Å². The van der Waals surface area contributed by atoms with Crippen molar-refractivity contribution in [3.8, 4) is 0 Å². The van der Waals surface area contributed by atoms with Gasteiger partial charge in [0.2, 0.25) is 11.8 Å². The topological polar surface area (TPSA) is 103 Å². The third-order valence-electron chi connectivity index (χ3n) is 5.30. The van der Waals surface area contributed by atoms with Crippen LogP contribution in [0.4, 0.5) is 0 Å². The molecule has 7 nitrogen and oxygen atoms in total. The van der Waals surface area contributed by atoms with Gasteiger partial charge in [0.1, 0.15) is 6.04 Å². The molecule has 1 atom stereocenters. The Morgan fingerprint density at radius 3 is 2.89 bits per heavy atom. The number of benzene rings is 1. The van der Waals surface area contributed by atoms with Gasteiger partial charge >= 0.3 is 0 Å². The van der Waals surface area contributed by atoms with Gasteiger partial charge in [0.05, 0.1) is 6.33 Å². The minimum absolute atomic E-state index is 0.207. The fourth-order valence-corrected chi connectivity index (χ4v) is 3.95. The molecule has 0 radical (unpaired) electrons. The van der Waals surface area contributed by atoms with Crippen LogP contribution in [0.1, 0.15) is 42.3 Å². The molecule has 4 rings (SSSR count). The predicted molar refractivity (Wildman–Crippen MR) is 107 cm³/mol. The van der Waals surface area contributed by atoms with Crippen molar-refractivity contribution < 1.29 is 9.59 Å². The van der Waals surface area contributed by atoms with Gasteiger partial charge < -0.3 is 20.6 Å². The molecule has 0 aliphatic heterocycles. The number of hydrogen-bond acceptors (Lipinski definition) is 3. The molecule has 28 heavy (non-hydrogen) atoms. The summed E-state index contributed by atoms with van der Waals surface area (Å²) in [6, 6.07) is 5.65. The van der Waals surface area contributed by atoms with Crippen LogP contribution >= 0.6 is 0 Å². The molecular formula is C21H25N5O2. The van der Waals surface area contributed by atoms with Crippen molar-refractivity contribution in [2.75, 3.05) is 0 Å². The summed E-state index contributed by atoms with van der Waals surface area (Å²) in [7, 11) is 0. The average Bonchev–Trinajstić information content (AvgIpc) is 3.32. The molecule has 0 saturated carbocycles. The van der Waals surface area contributed by atoms with E-state index in [2.05, 4.69) is 37.7 Å². The van der Waals surface area contributed by atoms with E-state index in [1.807, 2.05) is 6.07 Å². The van der Waals surface area contributed by atoms with Crippen LogP contribution in [-0.4, -0.2) is 32.8 Å². The van der Waals surface area contributed by atoms with E-state index in [1.54, 1.807) is 12.5 Å². The summed E-state index contributed by atoms with van der Waals surface area (Å²) in [6.45, 7) is 1.84. The maximum absolute atomic E-state index is 12.7. The molecule has 2 heterocycles. The van der Waals surface area contributed by atoms with Crippen molar-refractivity contribution in [1.82, 2.24) is 25.6 Å². The number of carbonyl (C=O) groups excluding carboxylic acids is 2. The number of rotatable bonds is 6. The van der Waals surface area contributed by atoms with Crippen molar-refractivity contribution in [2.45, 2.75) is 51.6 Å². The Hall–Kier alpha value is -3.09. The summed E-state index contributed by atoms with van der Waals surface area (Å²) in [5.74, 6) is -0.443. The molecule has 1 aliphatic rings. The molecular weight excluding hydrogens is 354 g/mol. The normalized spacial score (nSPS) is 14.5. The summed E-state index contributed by atoms with van der Waals surface area (Å²) in [5.41, 5.74) is 5.79. The third kappa shape index (κ3) is 3.93. The lowest BCUT2D eigenvalue weighted by molar-refractivity contribution is -0.128. The SMILES string of the molecule is CC(=O)N[C@@H](Cc1cnc[nH]1)C(=O)NCc1ccc2[nH]c3c(c2c1)CCCC3. The Bertz CT molecular complexity index is 990. The molecule has 146 valence electrons. The van der Waals surface area contributed by atoms with Crippen LogP contribution in [0, 0.1) is 0 Å². The molecule has 0 unspecified atom stereocenters. The van der Waals surface area contributed by atoms with E-state index >= 15 is 0 Å². The lowest BCUT2D eigenvalue weighted by atomic mass is 9.95. The van der Waals surface area contributed by atoms with Gasteiger partial charge in [-0.15, -0.1) is 0 Å². The van der Waals surface area contributed by atoms with Crippen LogP contribution in [0.15, 0.2) is 30.7 Å². The zero-order valence-corrected chi connectivity index (χ0v) is 16.0. The lowest BCUT2D eigenvalue weighted by Gasteiger charge is -2.17. The van der Waals surface area contributed by atoms with Crippen LogP contribution in [0.2, 0.25) is 0 Å². The number of nitrogens with zero attached hydrogens (tertiary/aromatic N) is 1. The summed E-state index contributed by atoms with van der Waals surface area (Å²) >= 11 is 0. The van der Waals surface area contributed by atoms with Crippen LogP contribution in [0.5, 0.6) is 0 Å². The lowest BCUT2D eigenvalue weighted by Crippen LogP contribution is -2.47. The third-order valence-corrected chi connectivity index (χ3v) is 5.30. The number of H-pyrrole nitrogens is 2. The summed E-state index contributed by atoms with van der Waals surface area (Å²) < 4.78 is 0. The number of hydrogen-bond donors (Lipinski definition) is 4. The number of nitrogens with one attached hydrogen (secondary N) is 4. The molecule has 2 amide bonds. The van der Waals surface area contributed by atoms with Gasteiger partial charge in [-0.25, -0.2) is 4.98 Å². The van der Waals surface area contributed by atoms with Crippen molar-refractivity contribution in [3.63, 3.8) is 0 Å². The highest BCUT2D eigenvalue weighted by molar-refractivity contribution is 5.88. The smallest absolute Gasteiger partial charge is 0.243 e. The zero-order chi connectivity index (χ0) is 19.5. The number of amides is 2. The van der Waals surface area contributed by atoms with Crippen LogP contribution in [-0.2, 0) is 35.4 Å². The molecule has 7 heteroatoms. The molecule has 0 spiro atoms. The highest BCUT2D eigenvalue weighted by Gasteiger charge is 2.21. The Balaban J connectivity index is 1.46. The summed E-state index contributed by atoms with van der Waals surface area (Å²) in [5, 5.41) is 6.93. The molecule has 2 aromatic heterocycles. The molecule has 1 aliphatic carbocycles. The van der Waals surface area contributed by atoms with E-state index in [0.29, 0.717) is 13.0 Å². The van der Waals surface area contributed by atoms with E-state index in [9.17, 15) is 9.59 Å². The average molecular weight is 379 g/mol. The van der Waals surface area contributed by atoms with Gasteiger partial charge in [-0.2, -0.15) is 0 Å².